The molecule has 1 aliphatic rings. The van der Waals surface area contributed by atoms with Crippen molar-refractivity contribution in [3.05, 3.63) is 28.8 Å². The molecular formula is C19H29Cl2N3O3. The van der Waals surface area contributed by atoms with Gasteiger partial charge < -0.3 is 21.1 Å². The molecule has 2 rings (SSSR count). The summed E-state index contributed by atoms with van der Waals surface area (Å²) in [6.45, 7) is 8.45. The maximum absolute atomic E-state index is 12.5. The van der Waals surface area contributed by atoms with Crippen LogP contribution in [0.25, 0.3) is 0 Å². The van der Waals surface area contributed by atoms with Gasteiger partial charge in [-0.15, -0.1) is 12.4 Å². The van der Waals surface area contributed by atoms with Gasteiger partial charge in [-0.05, 0) is 31.5 Å². The van der Waals surface area contributed by atoms with Crippen LogP contribution in [0, 0.1) is 12.3 Å². The molecular weight excluding hydrogens is 389 g/mol. The zero-order valence-electron chi connectivity index (χ0n) is 16.2. The fourth-order valence-corrected chi connectivity index (χ4v) is 3.40. The van der Waals surface area contributed by atoms with Crippen LogP contribution in [0.2, 0.25) is 5.02 Å². The van der Waals surface area contributed by atoms with Gasteiger partial charge in [-0.1, -0.05) is 31.5 Å². The molecule has 1 fully saturated rings. The van der Waals surface area contributed by atoms with Crippen molar-refractivity contribution in [1.82, 2.24) is 5.32 Å². The van der Waals surface area contributed by atoms with Crippen molar-refractivity contribution < 1.29 is 14.3 Å². The third kappa shape index (κ3) is 4.74. The van der Waals surface area contributed by atoms with Crippen LogP contribution in [0.15, 0.2) is 18.2 Å². The van der Waals surface area contributed by atoms with Crippen LogP contribution in [0.5, 0.6) is 0 Å². The van der Waals surface area contributed by atoms with E-state index >= 15 is 0 Å². The summed E-state index contributed by atoms with van der Waals surface area (Å²) >= 11 is 6.04. The lowest BCUT2D eigenvalue weighted by molar-refractivity contribution is -0.170. The average molecular weight is 418 g/mol. The lowest BCUT2D eigenvalue weighted by atomic mass is 9.54. The van der Waals surface area contributed by atoms with Crippen LogP contribution in [0.3, 0.4) is 0 Å². The number of nitrogens with one attached hydrogen (secondary N) is 2. The quantitative estimate of drug-likeness (QED) is 0.635. The highest BCUT2D eigenvalue weighted by molar-refractivity contribution is 6.31. The van der Waals surface area contributed by atoms with Crippen molar-refractivity contribution in [3.63, 3.8) is 0 Å². The topological polar surface area (TPSA) is 93.4 Å². The molecule has 27 heavy (non-hydrogen) atoms. The Bertz CT molecular complexity index is 697. The minimum Gasteiger partial charge on any atom is -0.378 e. The van der Waals surface area contributed by atoms with Crippen LogP contribution < -0.4 is 16.4 Å². The maximum atomic E-state index is 12.5. The molecule has 0 radical (unpaired) electrons. The molecule has 8 heteroatoms. The molecule has 2 atom stereocenters. The van der Waals surface area contributed by atoms with Crippen LogP contribution >= 0.6 is 24.0 Å². The summed E-state index contributed by atoms with van der Waals surface area (Å²) in [6, 6.07) is 5.33. The number of hydrogen-bond acceptors (Lipinski definition) is 4. The molecule has 152 valence electrons. The van der Waals surface area contributed by atoms with Gasteiger partial charge in [-0.3, -0.25) is 9.59 Å². The van der Waals surface area contributed by atoms with Gasteiger partial charge in [0.25, 0.3) is 0 Å². The number of amides is 2. The SMILES string of the molecule is CCOC1CC(N)(C(=O)NCCC(=O)Nc2cccc(Cl)c2C)C1(C)C.Cl. The molecule has 2 unspecified atom stereocenters. The number of carbonyl (C=O) groups excluding carboxylic acids is 2. The zero-order valence-corrected chi connectivity index (χ0v) is 17.8. The van der Waals surface area contributed by atoms with Crippen molar-refractivity contribution in [2.24, 2.45) is 11.1 Å². The van der Waals surface area contributed by atoms with E-state index in [2.05, 4.69) is 10.6 Å². The number of anilines is 1. The van der Waals surface area contributed by atoms with Crippen LogP contribution in [0.4, 0.5) is 5.69 Å². The van der Waals surface area contributed by atoms with Gasteiger partial charge in [0.2, 0.25) is 11.8 Å². The van der Waals surface area contributed by atoms with Gasteiger partial charge in [0.1, 0.15) is 5.54 Å². The van der Waals surface area contributed by atoms with Gasteiger partial charge in [0.05, 0.1) is 6.10 Å². The molecule has 0 saturated heterocycles. The summed E-state index contributed by atoms with van der Waals surface area (Å²) in [5.41, 5.74) is 6.37. The third-order valence-electron chi connectivity index (χ3n) is 5.41. The van der Waals surface area contributed by atoms with Crippen molar-refractivity contribution >= 4 is 41.5 Å². The van der Waals surface area contributed by atoms with E-state index in [0.717, 1.165) is 5.56 Å². The first kappa shape index (κ1) is 23.7. The molecule has 1 aromatic carbocycles. The molecule has 0 spiro atoms. The Morgan fingerprint density at radius 1 is 1.37 bits per heavy atom. The Labute approximate surface area is 172 Å². The number of nitrogens with two attached hydrogens (primary N) is 1. The molecule has 1 saturated carbocycles. The molecule has 0 aromatic heterocycles. The normalized spacial score (nSPS) is 23.0. The Hall–Kier alpha value is -1.34. The molecule has 0 aliphatic heterocycles. The molecule has 2 amide bonds. The van der Waals surface area contributed by atoms with E-state index in [1.165, 1.54) is 0 Å². The Balaban J connectivity index is 0.00000364. The highest BCUT2D eigenvalue weighted by Gasteiger charge is 2.62. The van der Waals surface area contributed by atoms with Crippen LogP contribution in [0.1, 0.15) is 39.2 Å². The molecule has 4 N–H and O–H groups in total. The molecule has 0 bridgehead atoms. The van der Waals surface area contributed by atoms with Gasteiger partial charge in [0, 0.05) is 42.1 Å². The predicted octanol–water partition coefficient (Wildman–Crippen LogP) is 3.05. The van der Waals surface area contributed by atoms with Gasteiger partial charge >= 0.3 is 0 Å². The third-order valence-corrected chi connectivity index (χ3v) is 5.82. The number of halogens is 2. The van der Waals surface area contributed by atoms with Crippen LogP contribution in [-0.2, 0) is 14.3 Å². The fraction of sp³-hybridized carbons (Fsp3) is 0.579. The summed E-state index contributed by atoms with van der Waals surface area (Å²) in [4.78, 5) is 24.6. The van der Waals surface area contributed by atoms with E-state index in [1.807, 2.05) is 27.7 Å². The summed E-state index contributed by atoms with van der Waals surface area (Å²) in [5, 5.41) is 6.18. The second-order valence-corrected chi connectivity index (χ2v) is 7.71. The molecule has 1 aromatic rings. The van der Waals surface area contributed by atoms with Crippen LogP contribution in [-0.4, -0.2) is 36.6 Å². The first-order valence-corrected chi connectivity index (χ1v) is 9.25. The summed E-state index contributed by atoms with van der Waals surface area (Å²) in [5.74, 6) is -0.438. The summed E-state index contributed by atoms with van der Waals surface area (Å²) < 4.78 is 5.63. The first-order chi connectivity index (χ1) is 12.1. The van der Waals surface area contributed by atoms with Crippen molar-refractivity contribution in [3.8, 4) is 0 Å². The molecule has 0 heterocycles. The van der Waals surface area contributed by atoms with E-state index in [1.54, 1.807) is 18.2 Å². The van der Waals surface area contributed by atoms with E-state index in [4.69, 9.17) is 22.1 Å². The lowest BCUT2D eigenvalue weighted by Gasteiger charge is -2.57. The second-order valence-electron chi connectivity index (χ2n) is 7.31. The minimum absolute atomic E-state index is 0. The maximum Gasteiger partial charge on any atom is 0.240 e. The van der Waals surface area contributed by atoms with Gasteiger partial charge in [-0.25, -0.2) is 0 Å². The minimum atomic E-state index is -0.979. The molecule has 6 nitrogen and oxygen atoms in total. The van der Waals surface area contributed by atoms with E-state index < -0.39 is 11.0 Å². The number of carbonyl (C=O) groups is 2. The van der Waals surface area contributed by atoms with Gasteiger partial charge in [0.15, 0.2) is 0 Å². The predicted molar refractivity (Wildman–Crippen MR) is 110 cm³/mol. The monoisotopic (exact) mass is 417 g/mol. The summed E-state index contributed by atoms with van der Waals surface area (Å²) in [7, 11) is 0. The zero-order chi connectivity index (χ0) is 19.5. The van der Waals surface area contributed by atoms with E-state index in [0.29, 0.717) is 23.7 Å². The van der Waals surface area contributed by atoms with Crippen molar-refractivity contribution in [2.75, 3.05) is 18.5 Å². The Morgan fingerprint density at radius 3 is 2.63 bits per heavy atom. The smallest absolute Gasteiger partial charge is 0.240 e. The number of ether oxygens (including phenoxy) is 1. The fourth-order valence-electron chi connectivity index (χ4n) is 3.22. The summed E-state index contributed by atoms with van der Waals surface area (Å²) in [6.07, 6.45) is 0.605. The second kappa shape index (κ2) is 9.24. The number of benzene rings is 1. The molecule has 1 aliphatic carbocycles. The van der Waals surface area contributed by atoms with Gasteiger partial charge in [-0.2, -0.15) is 0 Å². The first-order valence-electron chi connectivity index (χ1n) is 8.87. The van der Waals surface area contributed by atoms with Crippen molar-refractivity contribution in [2.45, 2.75) is 52.2 Å². The lowest BCUT2D eigenvalue weighted by Crippen LogP contribution is -2.75. The Morgan fingerprint density at radius 2 is 2.04 bits per heavy atom. The Kier molecular flexibility index (Phi) is 8.11. The number of rotatable bonds is 7. The largest absolute Gasteiger partial charge is 0.378 e. The standard InChI is InChI=1S/C19H28ClN3O3.ClH/c1-5-26-15-11-19(21,18(15,3)4)17(25)22-10-9-16(24)23-14-8-6-7-13(20)12(14)2;/h6-8,15H,5,9-11,21H2,1-4H3,(H,22,25)(H,23,24);1H. The number of hydrogen-bond donors (Lipinski definition) is 3. The van der Waals surface area contributed by atoms with Crippen molar-refractivity contribution in [1.29, 1.82) is 0 Å². The average Bonchev–Trinajstić information content (AvgIpc) is 2.58. The van der Waals surface area contributed by atoms with E-state index in [-0.39, 0.29) is 43.3 Å². The van der Waals surface area contributed by atoms with E-state index in [9.17, 15) is 9.59 Å². The highest BCUT2D eigenvalue weighted by Crippen LogP contribution is 2.49. The highest BCUT2D eigenvalue weighted by atomic mass is 35.5.